The highest BCUT2D eigenvalue weighted by Gasteiger charge is 2.15. The second-order valence-electron chi connectivity index (χ2n) is 3.71. The van der Waals surface area contributed by atoms with Gasteiger partial charge in [-0.3, -0.25) is 14.6 Å². The van der Waals surface area contributed by atoms with Gasteiger partial charge >= 0.3 is 0 Å². The number of H-pyrrole nitrogens is 1. The van der Waals surface area contributed by atoms with Gasteiger partial charge in [-0.1, -0.05) is 6.07 Å². The molecule has 0 spiro atoms. The Morgan fingerprint density at radius 1 is 1.44 bits per heavy atom. The van der Waals surface area contributed by atoms with Crippen LogP contribution in [0.5, 0.6) is 0 Å². The normalized spacial score (nSPS) is 9.78. The van der Waals surface area contributed by atoms with Crippen LogP contribution in [0.25, 0.3) is 0 Å². The highest BCUT2D eigenvalue weighted by atomic mass is 16.1. The summed E-state index contributed by atoms with van der Waals surface area (Å²) in [6.07, 6.45) is 1.51. The predicted octanol–water partition coefficient (Wildman–Crippen LogP) is 1.18. The number of hydrogen-bond acceptors (Lipinski definition) is 4. The zero-order valence-electron chi connectivity index (χ0n) is 9.60. The smallest absolute Gasteiger partial charge is 0.266 e. The van der Waals surface area contributed by atoms with Crippen LogP contribution in [0, 0.1) is 18.3 Å². The van der Waals surface area contributed by atoms with Crippen molar-refractivity contribution >= 4 is 5.78 Å². The van der Waals surface area contributed by atoms with Crippen molar-refractivity contribution in [1.82, 2.24) is 9.97 Å². The zero-order chi connectivity index (χ0) is 13.1. The minimum absolute atomic E-state index is 0.0834. The minimum atomic E-state index is -0.493. The van der Waals surface area contributed by atoms with Gasteiger partial charge in [-0.25, -0.2) is 0 Å². The SMILES string of the molecule is Cc1[nH]c(=O)c(C#N)cc1C(=O)c1ccccn1. The van der Waals surface area contributed by atoms with E-state index in [4.69, 9.17) is 5.26 Å². The van der Waals surface area contributed by atoms with Gasteiger partial charge in [-0.2, -0.15) is 5.26 Å². The number of rotatable bonds is 2. The van der Waals surface area contributed by atoms with Gasteiger partial charge < -0.3 is 4.98 Å². The highest BCUT2D eigenvalue weighted by molar-refractivity contribution is 6.08. The highest BCUT2D eigenvalue weighted by Crippen LogP contribution is 2.10. The van der Waals surface area contributed by atoms with Crippen molar-refractivity contribution in [2.75, 3.05) is 0 Å². The van der Waals surface area contributed by atoms with E-state index in [2.05, 4.69) is 9.97 Å². The lowest BCUT2D eigenvalue weighted by Crippen LogP contribution is -2.16. The van der Waals surface area contributed by atoms with Gasteiger partial charge in [-0.05, 0) is 25.1 Å². The third-order valence-corrected chi connectivity index (χ3v) is 2.50. The van der Waals surface area contributed by atoms with E-state index < -0.39 is 5.56 Å². The zero-order valence-corrected chi connectivity index (χ0v) is 9.60. The van der Waals surface area contributed by atoms with Crippen LogP contribution in [0.4, 0.5) is 0 Å². The number of aromatic nitrogens is 2. The Morgan fingerprint density at radius 2 is 2.22 bits per heavy atom. The van der Waals surface area contributed by atoms with Gasteiger partial charge in [0.15, 0.2) is 0 Å². The molecule has 5 heteroatoms. The number of aryl methyl sites for hydroxylation is 1. The Balaban J connectivity index is 2.56. The average Bonchev–Trinajstić information content (AvgIpc) is 2.39. The number of hydrogen-bond donors (Lipinski definition) is 1. The van der Waals surface area contributed by atoms with Gasteiger partial charge in [0.05, 0.1) is 0 Å². The van der Waals surface area contributed by atoms with E-state index in [1.54, 1.807) is 31.2 Å². The van der Waals surface area contributed by atoms with Gasteiger partial charge in [0, 0.05) is 17.5 Å². The maximum absolute atomic E-state index is 12.2. The molecule has 0 aromatic carbocycles. The quantitative estimate of drug-likeness (QED) is 0.797. The molecule has 0 saturated carbocycles. The molecule has 2 heterocycles. The third-order valence-electron chi connectivity index (χ3n) is 2.50. The van der Waals surface area contributed by atoms with Crippen molar-refractivity contribution in [2.45, 2.75) is 6.92 Å². The van der Waals surface area contributed by atoms with Crippen molar-refractivity contribution in [3.8, 4) is 6.07 Å². The lowest BCUT2D eigenvalue weighted by molar-refractivity contribution is 0.103. The number of nitrogens with zero attached hydrogens (tertiary/aromatic N) is 2. The molecule has 0 radical (unpaired) electrons. The molecule has 0 aliphatic rings. The summed E-state index contributed by atoms with van der Waals surface area (Å²) in [7, 11) is 0. The second-order valence-corrected chi connectivity index (χ2v) is 3.71. The number of ketones is 1. The van der Waals surface area contributed by atoms with E-state index in [1.807, 2.05) is 0 Å². The Labute approximate surface area is 103 Å². The van der Waals surface area contributed by atoms with Gasteiger partial charge in [0.2, 0.25) is 5.78 Å². The standard InChI is InChI=1S/C13H9N3O2/c1-8-10(6-9(7-14)13(18)16-8)12(17)11-4-2-3-5-15-11/h2-6H,1H3,(H,16,18). The lowest BCUT2D eigenvalue weighted by atomic mass is 10.0. The average molecular weight is 239 g/mol. The Bertz CT molecular complexity index is 696. The molecule has 2 aromatic heterocycles. The molecule has 0 saturated heterocycles. The number of nitriles is 1. The van der Waals surface area contributed by atoms with Crippen molar-refractivity contribution in [1.29, 1.82) is 5.26 Å². The van der Waals surface area contributed by atoms with E-state index in [0.29, 0.717) is 5.69 Å². The monoisotopic (exact) mass is 239 g/mol. The minimum Gasteiger partial charge on any atom is -0.325 e. The first-order chi connectivity index (χ1) is 8.63. The summed E-state index contributed by atoms with van der Waals surface area (Å²) < 4.78 is 0. The molecular weight excluding hydrogens is 230 g/mol. The molecule has 0 fully saturated rings. The molecule has 1 N–H and O–H groups in total. The number of carbonyl (C=O) groups excluding carboxylic acids is 1. The Kier molecular flexibility index (Phi) is 3.02. The van der Waals surface area contributed by atoms with Crippen LogP contribution in [0.2, 0.25) is 0 Å². The molecule has 0 amide bonds. The maximum Gasteiger partial charge on any atom is 0.266 e. The first kappa shape index (κ1) is 11.7. The topological polar surface area (TPSA) is 86.6 Å². The van der Waals surface area contributed by atoms with Crippen LogP contribution in [-0.2, 0) is 0 Å². The van der Waals surface area contributed by atoms with Crippen LogP contribution < -0.4 is 5.56 Å². The molecule has 0 aliphatic carbocycles. The largest absolute Gasteiger partial charge is 0.325 e. The fourth-order valence-corrected chi connectivity index (χ4v) is 1.58. The van der Waals surface area contributed by atoms with Gasteiger partial charge in [-0.15, -0.1) is 0 Å². The number of carbonyl (C=O) groups is 1. The molecule has 0 bridgehead atoms. The van der Waals surface area contributed by atoms with Crippen LogP contribution in [0.15, 0.2) is 35.3 Å². The van der Waals surface area contributed by atoms with Crippen LogP contribution >= 0.6 is 0 Å². The number of aromatic amines is 1. The summed E-state index contributed by atoms with van der Waals surface area (Å²) in [5.41, 5.74) is 0.406. The molecule has 0 aliphatic heterocycles. The van der Waals surface area contributed by atoms with Crippen LogP contribution in [-0.4, -0.2) is 15.8 Å². The second kappa shape index (κ2) is 4.63. The molecule has 0 atom stereocenters. The number of nitrogens with one attached hydrogen (secondary N) is 1. The van der Waals surface area contributed by atoms with Crippen LogP contribution in [0.1, 0.15) is 27.3 Å². The van der Waals surface area contributed by atoms with E-state index in [1.165, 1.54) is 12.3 Å². The van der Waals surface area contributed by atoms with E-state index in [-0.39, 0.29) is 22.6 Å². The Morgan fingerprint density at radius 3 is 2.83 bits per heavy atom. The maximum atomic E-state index is 12.2. The lowest BCUT2D eigenvalue weighted by Gasteiger charge is -2.04. The molecule has 0 unspecified atom stereocenters. The summed E-state index contributed by atoms with van der Waals surface area (Å²) in [5.74, 6) is -0.319. The van der Waals surface area contributed by atoms with Crippen LogP contribution in [0.3, 0.4) is 0 Å². The summed E-state index contributed by atoms with van der Waals surface area (Å²) >= 11 is 0. The summed E-state index contributed by atoms with van der Waals surface area (Å²) in [4.78, 5) is 30.0. The molecule has 5 nitrogen and oxygen atoms in total. The van der Waals surface area contributed by atoms with Crippen molar-refractivity contribution in [3.63, 3.8) is 0 Å². The third kappa shape index (κ3) is 2.04. The van der Waals surface area contributed by atoms with Gasteiger partial charge in [0.25, 0.3) is 5.56 Å². The molecule has 2 aromatic rings. The first-order valence-electron chi connectivity index (χ1n) is 5.23. The molecule has 88 valence electrons. The van der Waals surface area contributed by atoms with Crippen molar-refractivity contribution < 1.29 is 4.79 Å². The first-order valence-corrected chi connectivity index (χ1v) is 5.23. The van der Waals surface area contributed by atoms with Crippen molar-refractivity contribution in [2.24, 2.45) is 0 Å². The van der Waals surface area contributed by atoms with E-state index in [0.717, 1.165) is 0 Å². The Hall–Kier alpha value is -2.74. The predicted molar refractivity (Wildman–Crippen MR) is 64.2 cm³/mol. The summed E-state index contributed by atoms with van der Waals surface area (Å²) in [6, 6.07) is 8.04. The molecular formula is C13H9N3O2. The summed E-state index contributed by atoms with van der Waals surface area (Å²) in [6.45, 7) is 1.61. The van der Waals surface area contributed by atoms with Crippen molar-refractivity contribution in [3.05, 3.63) is 63.3 Å². The number of pyridine rings is 2. The van der Waals surface area contributed by atoms with Gasteiger partial charge in [0.1, 0.15) is 17.3 Å². The summed E-state index contributed by atoms with van der Waals surface area (Å²) in [5, 5.41) is 8.79. The molecule has 2 rings (SSSR count). The fourth-order valence-electron chi connectivity index (χ4n) is 1.58. The van der Waals surface area contributed by atoms with E-state index >= 15 is 0 Å². The van der Waals surface area contributed by atoms with E-state index in [9.17, 15) is 9.59 Å². The fraction of sp³-hybridized carbons (Fsp3) is 0.0769. The molecule has 18 heavy (non-hydrogen) atoms.